The molecule has 1 aliphatic carbocycles. The first-order valence-corrected chi connectivity index (χ1v) is 10.7. The van der Waals surface area contributed by atoms with E-state index >= 15 is 0 Å². The number of alkyl halides is 3. The zero-order chi connectivity index (χ0) is 23.5. The van der Waals surface area contributed by atoms with E-state index in [-0.39, 0.29) is 37.0 Å². The van der Waals surface area contributed by atoms with Gasteiger partial charge in [0.1, 0.15) is 5.75 Å². The second kappa shape index (κ2) is 9.48. The van der Waals surface area contributed by atoms with Crippen molar-refractivity contribution in [3.63, 3.8) is 0 Å². The predicted octanol–water partition coefficient (Wildman–Crippen LogP) is 4.20. The monoisotopic (exact) mass is 449 g/mol. The summed E-state index contributed by atoms with van der Waals surface area (Å²) in [6, 6.07) is 10.2. The molecule has 1 amide bonds. The molecular weight excluding hydrogens is 419 g/mol. The molecule has 3 atom stereocenters. The highest BCUT2D eigenvalue weighted by atomic mass is 19.4. The minimum Gasteiger partial charge on any atom is -0.508 e. The number of hydrogen-bond acceptors (Lipinski definition) is 4. The van der Waals surface area contributed by atoms with E-state index in [0.29, 0.717) is 18.5 Å². The highest BCUT2D eigenvalue weighted by molar-refractivity contribution is 5.76. The highest BCUT2D eigenvalue weighted by Gasteiger charge is 2.70. The van der Waals surface area contributed by atoms with Crippen molar-refractivity contribution in [1.29, 1.82) is 0 Å². The first-order chi connectivity index (χ1) is 15.0. The lowest BCUT2D eigenvalue weighted by Gasteiger charge is -2.25. The van der Waals surface area contributed by atoms with Gasteiger partial charge in [0.15, 0.2) is 0 Å². The topological polar surface area (TPSA) is 65.5 Å². The fraction of sp³-hybridized carbons (Fsp3) is 0.500. The SMILES string of the molecule is Cc1ccc([C@H]2C[C@@]2(CCC(=O)NC[C@H](Cc2ccc(O)cc2)N(C)C)C(F)(F)F)cn1. The molecule has 1 aromatic carbocycles. The summed E-state index contributed by atoms with van der Waals surface area (Å²) in [7, 11) is 3.78. The van der Waals surface area contributed by atoms with Crippen LogP contribution in [0.3, 0.4) is 0 Å². The number of nitrogens with zero attached hydrogens (tertiary/aromatic N) is 2. The molecule has 0 aliphatic heterocycles. The molecule has 1 aliphatic rings. The van der Waals surface area contributed by atoms with Gasteiger partial charge in [-0.05, 0) is 69.6 Å². The third-order valence-electron chi connectivity index (χ3n) is 6.45. The Labute approximate surface area is 186 Å². The number of aromatic nitrogens is 1. The lowest BCUT2D eigenvalue weighted by molar-refractivity contribution is -0.191. The third kappa shape index (κ3) is 5.59. The number of amides is 1. The lowest BCUT2D eigenvalue weighted by Crippen LogP contribution is -2.42. The van der Waals surface area contributed by atoms with Crippen LogP contribution in [0, 0.1) is 12.3 Å². The smallest absolute Gasteiger partial charge is 0.395 e. The van der Waals surface area contributed by atoms with E-state index in [1.165, 1.54) is 6.20 Å². The van der Waals surface area contributed by atoms with Crippen LogP contribution < -0.4 is 5.32 Å². The Morgan fingerprint density at radius 3 is 2.50 bits per heavy atom. The molecule has 32 heavy (non-hydrogen) atoms. The number of nitrogens with one attached hydrogen (secondary N) is 1. The molecular formula is C24H30F3N3O2. The Balaban J connectivity index is 1.56. The summed E-state index contributed by atoms with van der Waals surface area (Å²) >= 11 is 0. The molecule has 2 N–H and O–H groups in total. The summed E-state index contributed by atoms with van der Waals surface area (Å²) in [4.78, 5) is 18.5. The standard InChI is InChI=1S/C24H30F3N3O2/c1-16-4-7-18(14-28-16)21-13-23(21,24(25,26)27)11-10-22(32)29-15-19(30(2)3)12-17-5-8-20(31)9-6-17/h4-9,14,19,21,31H,10-13,15H2,1-3H3,(H,29,32)/t19-,21+,23+/m0/s1. The van der Waals surface area contributed by atoms with Crippen molar-refractivity contribution in [3.8, 4) is 5.75 Å². The number of likely N-dealkylation sites (N-methyl/N-ethyl adjacent to an activating group) is 1. The molecule has 1 heterocycles. The largest absolute Gasteiger partial charge is 0.508 e. The number of phenolic OH excluding ortho intramolecular Hbond substituents is 1. The van der Waals surface area contributed by atoms with Gasteiger partial charge in [-0.15, -0.1) is 0 Å². The third-order valence-corrected chi connectivity index (χ3v) is 6.45. The Hall–Kier alpha value is -2.61. The zero-order valence-electron chi connectivity index (χ0n) is 18.6. The molecule has 1 fully saturated rings. The minimum absolute atomic E-state index is 0.00427. The van der Waals surface area contributed by atoms with E-state index in [2.05, 4.69) is 10.3 Å². The van der Waals surface area contributed by atoms with Crippen LogP contribution in [0.15, 0.2) is 42.6 Å². The Morgan fingerprint density at radius 2 is 1.94 bits per heavy atom. The van der Waals surface area contributed by atoms with Crippen molar-refractivity contribution in [2.75, 3.05) is 20.6 Å². The van der Waals surface area contributed by atoms with Crippen molar-refractivity contribution >= 4 is 5.91 Å². The molecule has 174 valence electrons. The van der Waals surface area contributed by atoms with E-state index in [1.807, 2.05) is 31.1 Å². The number of benzene rings is 1. The number of rotatable bonds is 9. The molecule has 0 saturated heterocycles. The van der Waals surface area contributed by atoms with Gasteiger partial charge in [0.05, 0.1) is 5.41 Å². The predicted molar refractivity (Wildman–Crippen MR) is 116 cm³/mol. The van der Waals surface area contributed by atoms with Crippen molar-refractivity contribution in [2.24, 2.45) is 5.41 Å². The minimum atomic E-state index is -4.37. The van der Waals surface area contributed by atoms with Crippen molar-refractivity contribution in [2.45, 2.75) is 50.7 Å². The Morgan fingerprint density at radius 1 is 1.25 bits per heavy atom. The fourth-order valence-electron chi connectivity index (χ4n) is 4.16. The van der Waals surface area contributed by atoms with Crippen LogP contribution in [0.1, 0.15) is 42.0 Å². The number of phenols is 1. The van der Waals surface area contributed by atoms with E-state index in [0.717, 1.165) is 11.3 Å². The van der Waals surface area contributed by atoms with E-state index in [4.69, 9.17) is 0 Å². The number of aryl methyl sites for hydroxylation is 1. The van der Waals surface area contributed by atoms with Crippen molar-refractivity contribution in [1.82, 2.24) is 15.2 Å². The first kappa shape index (κ1) is 24.0. The van der Waals surface area contributed by atoms with E-state index in [9.17, 15) is 23.1 Å². The molecule has 8 heteroatoms. The molecule has 3 rings (SSSR count). The van der Waals surface area contributed by atoms with Gasteiger partial charge in [-0.25, -0.2) is 0 Å². The van der Waals surface area contributed by atoms with Crippen LogP contribution in [0.2, 0.25) is 0 Å². The van der Waals surface area contributed by atoms with E-state index in [1.54, 1.807) is 31.2 Å². The summed E-state index contributed by atoms with van der Waals surface area (Å²) in [5.41, 5.74) is 0.484. The van der Waals surface area contributed by atoms with E-state index < -0.39 is 17.5 Å². The van der Waals surface area contributed by atoms with Gasteiger partial charge in [-0.2, -0.15) is 13.2 Å². The molecule has 0 unspecified atom stereocenters. The lowest BCUT2D eigenvalue weighted by atomic mass is 9.93. The van der Waals surface area contributed by atoms with Gasteiger partial charge in [-0.1, -0.05) is 18.2 Å². The molecule has 0 spiro atoms. The van der Waals surface area contributed by atoms with Gasteiger partial charge in [0.2, 0.25) is 5.91 Å². The summed E-state index contributed by atoms with van der Waals surface area (Å²) in [5.74, 6) is -0.840. The van der Waals surface area contributed by atoms with Crippen LogP contribution in [-0.2, 0) is 11.2 Å². The quantitative estimate of drug-likeness (QED) is 0.602. The molecule has 1 saturated carbocycles. The zero-order valence-corrected chi connectivity index (χ0v) is 18.6. The number of carbonyl (C=O) groups excluding carboxylic acids is 1. The molecule has 2 aromatic rings. The number of halogens is 3. The van der Waals surface area contributed by atoms with Gasteiger partial charge in [0, 0.05) is 36.8 Å². The normalized spacial score (nSPS) is 21.4. The molecule has 0 bridgehead atoms. The number of carbonyl (C=O) groups is 1. The van der Waals surface area contributed by atoms with Gasteiger partial charge >= 0.3 is 6.18 Å². The van der Waals surface area contributed by atoms with Gasteiger partial charge in [-0.3, -0.25) is 9.78 Å². The second-order valence-corrected chi connectivity index (χ2v) is 8.94. The average molecular weight is 450 g/mol. The Bertz CT molecular complexity index is 914. The summed E-state index contributed by atoms with van der Waals surface area (Å²) < 4.78 is 41.6. The second-order valence-electron chi connectivity index (χ2n) is 8.94. The summed E-state index contributed by atoms with van der Waals surface area (Å²) in [5, 5.41) is 12.2. The fourth-order valence-corrected chi connectivity index (χ4v) is 4.16. The maximum atomic E-state index is 13.9. The highest BCUT2D eigenvalue weighted by Crippen LogP contribution is 2.69. The maximum absolute atomic E-state index is 13.9. The molecule has 0 radical (unpaired) electrons. The van der Waals surface area contributed by atoms with Crippen molar-refractivity contribution < 1.29 is 23.1 Å². The first-order valence-electron chi connectivity index (χ1n) is 10.7. The van der Waals surface area contributed by atoms with Crippen LogP contribution >= 0.6 is 0 Å². The Kier molecular flexibility index (Phi) is 7.12. The summed E-state index contributed by atoms with van der Waals surface area (Å²) in [6.07, 6.45) is -2.62. The number of pyridine rings is 1. The van der Waals surface area contributed by atoms with Crippen LogP contribution in [-0.4, -0.2) is 53.8 Å². The van der Waals surface area contributed by atoms with Crippen molar-refractivity contribution in [3.05, 3.63) is 59.4 Å². The molecule has 1 aromatic heterocycles. The number of aromatic hydroxyl groups is 1. The summed E-state index contributed by atoms with van der Waals surface area (Å²) in [6.45, 7) is 2.12. The maximum Gasteiger partial charge on any atom is 0.395 e. The average Bonchev–Trinajstić information content (AvgIpc) is 3.47. The number of hydrogen-bond donors (Lipinski definition) is 2. The van der Waals surface area contributed by atoms with Crippen LogP contribution in [0.5, 0.6) is 5.75 Å². The van der Waals surface area contributed by atoms with Gasteiger partial charge < -0.3 is 15.3 Å². The van der Waals surface area contributed by atoms with Crippen LogP contribution in [0.4, 0.5) is 13.2 Å². The molecule has 5 nitrogen and oxygen atoms in total. The van der Waals surface area contributed by atoms with Crippen LogP contribution in [0.25, 0.3) is 0 Å². The van der Waals surface area contributed by atoms with Gasteiger partial charge in [0.25, 0.3) is 0 Å².